The zero-order valence-electron chi connectivity index (χ0n) is 16.6. The number of nitrogens with zero attached hydrogens (tertiary/aromatic N) is 5. The second kappa shape index (κ2) is 9.82. The highest BCUT2D eigenvalue weighted by molar-refractivity contribution is 5.84. The van der Waals surface area contributed by atoms with Crippen LogP contribution in [-0.2, 0) is 6.54 Å². The predicted molar refractivity (Wildman–Crippen MR) is 109 cm³/mol. The van der Waals surface area contributed by atoms with Crippen LogP contribution in [0.5, 0.6) is 0 Å². The molecule has 0 aliphatic rings. The molecule has 146 valence electrons. The van der Waals surface area contributed by atoms with Gasteiger partial charge < -0.3 is 20.3 Å². The van der Waals surface area contributed by atoms with E-state index in [4.69, 9.17) is 0 Å². The Bertz CT molecular complexity index is 831. The van der Waals surface area contributed by atoms with E-state index in [2.05, 4.69) is 44.4 Å². The number of pyridine rings is 1. The van der Waals surface area contributed by atoms with E-state index >= 15 is 0 Å². The first kappa shape index (κ1) is 20.6. The topological polar surface area (TPSA) is 101 Å². The number of anilines is 2. The second-order valence-electron chi connectivity index (χ2n) is 6.26. The van der Waals surface area contributed by atoms with Gasteiger partial charge in [0.1, 0.15) is 0 Å². The van der Waals surface area contributed by atoms with Crippen LogP contribution in [0.4, 0.5) is 11.8 Å². The Morgan fingerprint density at radius 1 is 1.15 bits per heavy atom. The molecule has 3 aromatic heterocycles. The van der Waals surface area contributed by atoms with Gasteiger partial charge in [-0.1, -0.05) is 19.9 Å². The van der Waals surface area contributed by atoms with Gasteiger partial charge in [-0.2, -0.15) is 9.97 Å². The summed E-state index contributed by atoms with van der Waals surface area (Å²) in [6.07, 6.45) is 4.85. The maximum atomic E-state index is 9.49. The number of hydrogen-bond donors (Lipinski definition) is 3. The zero-order chi connectivity index (χ0) is 19.8. The van der Waals surface area contributed by atoms with Crippen molar-refractivity contribution in [3.05, 3.63) is 36.4 Å². The fraction of sp³-hybridized carbons (Fsp3) is 0.474. The third kappa shape index (κ3) is 5.37. The first-order valence-corrected chi connectivity index (χ1v) is 9.34. The number of nitrogens with one attached hydrogen (secondary N) is 2. The summed E-state index contributed by atoms with van der Waals surface area (Å²) >= 11 is 0. The number of imidazole rings is 1. The third-order valence-corrected chi connectivity index (χ3v) is 3.72. The maximum absolute atomic E-state index is 9.49. The lowest BCUT2D eigenvalue weighted by atomic mass is 10.3. The summed E-state index contributed by atoms with van der Waals surface area (Å²) in [5, 5.41) is 15.9. The molecule has 3 aromatic rings. The molecule has 0 bridgehead atoms. The smallest absolute Gasteiger partial charge is 0.226 e. The summed E-state index contributed by atoms with van der Waals surface area (Å²) in [5.74, 6) is 1.12. The van der Waals surface area contributed by atoms with E-state index in [9.17, 15) is 5.11 Å². The summed E-state index contributed by atoms with van der Waals surface area (Å²) in [4.78, 5) is 17.7. The SMILES string of the molecule is CC.CC(O)CNc1nc(NCc2cccnc2)c2ncn(C(C)C)c2n1. The highest BCUT2D eigenvalue weighted by Gasteiger charge is 2.15. The Labute approximate surface area is 160 Å². The first-order chi connectivity index (χ1) is 13.0. The largest absolute Gasteiger partial charge is 0.392 e. The number of aliphatic hydroxyl groups excluding tert-OH is 1. The van der Waals surface area contributed by atoms with Crippen LogP contribution < -0.4 is 10.6 Å². The standard InChI is InChI=1S/C17H23N7O.C2H6/c1-11(2)24-10-21-14-15(19-9-13-5-4-6-18-8-13)22-17(23-16(14)24)20-7-12(3)25;1-2/h4-6,8,10-12,25H,7,9H2,1-3H3,(H2,19,20,22,23);1-2H3. The lowest BCUT2D eigenvalue weighted by molar-refractivity contribution is 0.208. The molecule has 0 aliphatic heterocycles. The van der Waals surface area contributed by atoms with E-state index in [1.54, 1.807) is 19.4 Å². The van der Waals surface area contributed by atoms with Gasteiger partial charge in [-0.05, 0) is 32.4 Å². The van der Waals surface area contributed by atoms with Crippen LogP contribution in [0.2, 0.25) is 0 Å². The highest BCUT2D eigenvalue weighted by atomic mass is 16.3. The van der Waals surface area contributed by atoms with Gasteiger partial charge >= 0.3 is 0 Å². The van der Waals surface area contributed by atoms with E-state index in [-0.39, 0.29) is 6.04 Å². The van der Waals surface area contributed by atoms with Gasteiger partial charge in [0.15, 0.2) is 17.0 Å². The fourth-order valence-electron chi connectivity index (χ4n) is 2.42. The fourth-order valence-corrected chi connectivity index (χ4v) is 2.42. The minimum atomic E-state index is -0.485. The number of rotatable bonds is 7. The van der Waals surface area contributed by atoms with Crippen molar-refractivity contribution in [2.75, 3.05) is 17.2 Å². The molecule has 8 nitrogen and oxygen atoms in total. The van der Waals surface area contributed by atoms with Crippen LogP contribution in [0.3, 0.4) is 0 Å². The Balaban J connectivity index is 0.00000126. The van der Waals surface area contributed by atoms with Crippen molar-refractivity contribution in [1.29, 1.82) is 0 Å². The van der Waals surface area contributed by atoms with Crippen molar-refractivity contribution >= 4 is 22.9 Å². The average molecular weight is 371 g/mol. The molecule has 3 N–H and O–H groups in total. The van der Waals surface area contributed by atoms with Crippen molar-refractivity contribution in [2.45, 2.75) is 53.3 Å². The molecule has 1 unspecified atom stereocenters. The quantitative estimate of drug-likeness (QED) is 0.586. The van der Waals surface area contributed by atoms with Crippen LogP contribution in [0.15, 0.2) is 30.9 Å². The lowest BCUT2D eigenvalue weighted by Gasteiger charge is -2.12. The normalized spacial score (nSPS) is 11.8. The number of fused-ring (bicyclic) bond motifs is 1. The summed E-state index contributed by atoms with van der Waals surface area (Å²) < 4.78 is 2.00. The van der Waals surface area contributed by atoms with Gasteiger partial charge in [-0.15, -0.1) is 0 Å². The predicted octanol–water partition coefficient (Wildman–Crippen LogP) is 3.23. The molecule has 3 heterocycles. The number of hydrogen-bond acceptors (Lipinski definition) is 7. The van der Waals surface area contributed by atoms with Crippen LogP contribution in [0, 0.1) is 0 Å². The van der Waals surface area contributed by atoms with Crippen LogP contribution >= 0.6 is 0 Å². The monoisotopic (exact) mass is 371 g/mol. The zero-order valence-corrected chi connectivity index (χ0v) is 16.6. The molecule has 1 atom stereocenters. The van der Waals surface area contributed by atoms with Gasteiger partial charge in [0.2, 0.25) is 5.95 Å². The summed E-state index contributed by atoms with van der Waals surface area (Å²) in [6, 6.07) is 4.13. The molecule has 0 radical (unpaired) electrons. The lowest BCUT2D eigenvalue weighted by Crippen LogP contribution is -2.17. The van der Waals surface area contributed by atoms with E-state index in [0.29, 0.717) is 24.9 Å². The van der Waals surface area contributed by atoms with Gasteiger partial charge in [0.25, 0.3) is 0 Å². The summed E-state index contributed by atoms with van der Waals surface area (Å²) in [7, 11) is 0. The van der Waals surface area contributed by atoms with Crippen LogP contribution in [0.25, 0.3) is 11.2 Å². The molecule has 8 heteroatoms. The molecule has 3 rings (SSSR count). The first-order valence-electron chi connectivity index (χ1n) is 9.34. The Morgan fingerprint density at radius 3 is 2.56 bits per heavy atom. The summed E-state index contributed by atoms with van der Waals surface area (Å²) in [5.41, 5.74) is 2.53. The van der Waals surface area contributed by atoms with E-state index < -0.39 is 6.10 Å². The van der Waals surface area contributed by atoms with Gasteiger partial charge in [-0.25, -0.2) is 4.98 Å². The van der Waals surface area contributed by atoms with Crippen LogP contribution in [0.1, 0.15) is 46.2 Å². The molecule has 0 spiro atoms. The Hall–Kier alpha value is -2.74. The average Bonchev–Trinajstić information content (AvgIpc) is 3.11. The van der Waals surface area contributed by atoms with Gasteiger partial charge in [0.05, 0.1) is 12.4 Å². The van der Waals surface area contributed by atoms with Crippen molar-refractivity contribution in [1.82, 2.24) is 24.5 Å². The van der Waals surface area contributed by atoms with E-state index in [0.717, 1.165) is 16.7 Å². The van der Waals surface area contributed by atoms with Crippen LogP contribution in [-0.4, -0.2) is 42.3 Å². The van der Waals surface area contributed by atoms with Gasteiger partial charge in [0, 0.05) is 31.5 Å². The third-order valence-electron chi connectivity index (χ3n) is 3.72. The van der Waals surface area contributed by atoms with Gasteiger partial charge in [-0.3, -0.25) is 4.98 Å². The molecule has 0 fully saturated rings. The maximum Gasteiger partial charge on any atom is 0.226 e. The molecule has 0 aromatic carbocycles. The Morgan fingerprint density at radius 2 is 1.93 bits per heavy atom. The molecule has 0 saturated carbocycles. The van der Waals surface area contributed by atoms with Crippen molar-refractivity contribution in [3.63, 3.8) is 0 Å². The highest BCUT2D eigenvalue weighted by Crippen LogP contribution is 2.23. The number of aliphatic hydroxyl groups is 1. The minimum absolute atomic E-state index is 0.232. The molecular formula is C19H29N7O. The minimum Gasteiger partial charge on any atom is -0.392 e. The summed E-state index contributed by atoms with van der Waals surface area (Å²) in [6.45, 7) is 10.8. The van der Waals surface area contributed by atoms with Crippen molar-refractivity contribution in [2.24, 2.45) is 0 Å². The van der Waals surface area contributed by atoms with E-state index in [1.807, 2.05) is 36.7 Å². The van der Waals surface area contributed by atoms with Crippen molar-refractivity contribution < 1.29 is 5.11 Å². The second-order valence-corrected chi connectivity index (χ2v) is 6.26. The molecule has 0 amide bonds. The molecular weight excluding hydrogens is 342 g/mol. The molecule has 0 aliphatic carbocycles. The van der Waals surface area contributed by atoms with E-state index in [1.165, 1.54) is 0 Å². The molecule has 0 saturated heterocycles. The molecule has 27 heavy (non-hydrogen) atoms. The Kier molecular flexibility index (Phi) is 7.48. The number of aromatic nitrogens is 5. The van der Waals surface area contributed by atoms with Crippen molar-refractivity contribution in [3.8, 4) is 0 Å².